The number of nitrogens with one attached hydrogen (secondary N) is 1. The van der Waals surface area contributed by atoms with Gasteiger partial charge >= 0.3 is 0 Å². The second kappa shape index (κ2) is 6.66. The van der Waals surface area contributed by atoms with Crippen molar-refractivity contribution in [2.45, 2.75) is 38.4 Å². The summed E-state index contributed by atoms with van der Waals surface area (Å²) in [5.74, 6) is 7.00. The van der Waals surface area contributed by atoms with Crippen LogP contribution >= 0.6 is 11.8 Å². The zero-order chi connectivity index (χ0) is 12.8. The second-order valence-corrected chi connectivity index (χ2v) is 4.80. The minimum atomic E-state index is 0.408. The third kappa shape index (κ3) is 3.74. The number of hydrogen-bond acceptors (Lipinski definition) is 6. The zero-order valence-electron chi connectivity index (χ0n) is 10.9. The van der Waals surface area contributed by atoms with Crippen LogP contribution in [0.15, 0.2) is 11.2 Å². The maximum absolute atomic E-state index is 5.42. The molecule has 3 N–H and O–H groups in total. The highest BCUT2D eigenvalue weighted by atomic mass is 32.2. The number of nitrogen functional groups attached to an aromatic ring is 1. The third-order valence-corrected chi connectivity index (χ3v) is 2.95. The Morgan fingerprint density at radius 3 is 2.65 bits per heavy atom. The maximum atomic E-state index is 5.42. The highest BCUT2D eigenvalue weighted by molar-refractivity contribution is 7.98. The SMILES string of the molecule is CCCN(c1cc(NN)nc(SC)n1)C(C)C. The summed E-state index contributed by atoms with van der Waals surface area (Å²) in [6.07, 6.45) is 3.04. The molecule has 0 aliphatic heterocycles. The van der Waals surface area contributed by atoms with E-state index in [0.717, 1.165) is 23.9 Å². The lowest BCUT2D eigenvalue weighted by Crippen LogP contribution is -2.32. The van der Waals surface area contributed by atoms with E-state index < -0.39 is 0 Å². The molecule has 0 unspecified atom stereocenters. The van der Waals surface area contributed by atoms with Crippen molar-refractivity contribution in [2.24, 2.45) is 5.84 Å². The van der Waals surface area contributed by atoms with E-state index in [9.17, 15) is 0 Å². The largest absolute Gasteiger partial charge is 0.354 e. The van der Waals surface area contributed by atoms with Crippen LogP contribution in [0.3, 0.4) is 0 Å². The van der Waals surface area contributed by atoms with Crippen molar-refractivity contribution < 1.29 is 0 Å². The molecule has 0 atom stereocenters. The molecule has 0 aliphatic carbocycles. The molecule has 0 bridgehead atoms. The Hall–Kier alpha value is -1.01. The number of thioether (sulfide) groups is 1. The van der Waals surface area contributed by atoms with Gasteiger partial charge in [-0.3, -0.25) is 0 Å². The van der Waals surface area contributed by atoms with Crippen LogP contribution < -0.4 is 16.2 Å². The molecule has 0 radical (unpaired) electrons. The molecule has 0 spiro atoms. The minimum Gasteiger partial charge on any atom is -0.354 e. The molecular weight excluding hydrogens is 234 g/mol. The monoisotopic (exact) mass is 255 g/mol. The van der Waals surface area contributed by atoms with Crippen LogP contribution in [0, 0.1) is 0 Å². The molecule has 0 saturated heterocycles. The van der Waals surface area contributed by atoms with Crippen molar-refractivity contribution in [1.82, 2.24) is 9.97 Å². The van der Waals surface area contributed by atoms with Crippen LogP contribution in [0.2, 0.25) is 0 Å². The van der Waals surface area contributed by atoms with E-state index in [-0.39, 0.29) is 0 Å². The molecule has 0 fully saturated rings. The zero-order valence-corrected chi connectivity index (χ0v) is 11.7. The van der Waals surface area contributed by atoms with Crippen LogP contribution in [0.1, 0.15) is 27.2 Å². The molecule has 1 rings (SSSR count). The summed E-state index contributed by atoms with van der Waals surface area (Å²) in [5.41, 5.74) is 2.59. The normalized spacial score (nSPS) is 10.7. The molecular formula is C11H21N5S. The van der Waals surface area contributed by atoms with Gasteiger partial charge in [-0.2, -0.15) is 0 Å². The molecule has 0 amide bonds. The minimum absolute atomic E-state index is 0.408. The number of hydrogen-bond donors (Lipinski definition) is 2. The van der Waals surface area contributed by atoms with Crippen LogP contribution in [0.4, 0.5) is 11.6 Å². The van der Waals surface area contributed by atoms with E-state index >= 15 is 0 Å². The highest BCUT2D eigenvalue weighted by Crippen LogP contribution is 2.21. The molecule has 0 aliphatic rings. The van der Waals surface area contributed by atoms with Crippen LogP contribution in [0.5, 0.6) is 0 Å². The highest BCUT2D eigenvalue weighted by Gasteiger charge is 2.13. The first-order chi connectivity index (χ1) is 8.12. The molecule has 1 heterocycles. The average molecular weight is 255 g/mol. The van der Waals surface area contributed by atoms with Crippen LogP contribution in [0.25, 0.3) is 0 Å². The fraction of sp³-hybridized carbons (Fsp3) is 0.636. The van der Waals surface area contributed by atoms with E-state index in [1.165, 1.54) is 11.8 Å². The summed E-state index contributed by atoms with van der Waals surface area (Å²) in [4.78, 5) is 11.0. The fourth-order valence-corrected chi connectivity index (χ4v) is 1.98. The number of anilines is 2. The van der Waals surface area contributed by atoms with E-state index in [4.69, 9.17) is 5.84 Å². The van der Waals surface area contributed by atoms with Gasteiger partial charge in [0.1, 0.15) is 11.6 Å². The van der Waals surface area contributed by atoms with Gasteiger partial charge in [0, 0.05) is 18.7 Å². The molecule has 0 aromatic carbocycles. The molecule has 17 heavy (non-hydrogen) atoms. The standard InChI is InChI=1S/C11H21N5S/c1-5-6-16(8(2)3)10-7-9(15-12)13-11(14-10)17-4/h7-8H,5-6,12H2,1-4H3,(H,13,14,15). The smallest absolute Gasteiger partial charge is 0.191 e. The summed E-state index contributed by atoms with van der Waals surface area (Å²) in [7, 11) is 0. The third-order valence-electron chi connectivity index (χ3n) is 2.40. The quantitative estimate of drug-likeness (QED) is 0.351. The number of hydrazine groups is 1. The average Bonchev–Trinajstić information content (AvgIpc) is 2.34. The van der Waals surface area contributed by atoms with E-state index in [1.54, 1.807) is 0 Å². The van der Waals surface area contributed by atoms with Crippen molar-refractivity contribution in [2.75, 3.05) is 23.1 Å². The van der Waals surface area contributed by atoms with Crippen LogP contribution in [-0.2, 0) is 0 Å². The van der Waals surface area contributed by atoms with E-state index in [0.29, 0.717) is 11.9 Å². The molecule has 6 heteroatoms. The van der Waals surface area contributed by atoms with Gasteiger partial charge in [-0.15, -0.1) is 0 Å². The Kier molecular flexibility index (Phi) is 5.50. The molecule has 1 aromatic rings. The Balaban J connectivity index is 3.08. The first-order valence-corrected chi connectivity index (χ1v) is 7.01. The van der Waals surface area contributed by atoms with Crippen molar-refractivity contribution in [3.63, 3.8) is 0 Å². The summed E-state index contributed by atoms with van der Waals surface area (Å²) < 4.78 is 0. The summed E-state index contributed by atoms with van der Waals surface area (Å²) >= 11 is 1.52. The van der Waals surface area contributed by atoms with Gasteiger partial charge in [0.05, 0.1) is 0 Å². The molecule has 5 nitrogen and oxygen atoms in total. The van der Waals surface area contributed by atoms with Crippen molar-refractivity contribution in [1.29, 1.82) is 0 Å². The van der Waals surface area contributed by atoms with Gasteiger partial charge in [-0.05, 0) is 26.5 Å². The number of nitrogens with zero attached hydrogens (tertiary/aromatic N) is 3. The Morgan fingerprint density at radius 2 is 2.18 bits per heavy atom. The van der Waals surface area contributed by atoms with Crippen LogP contribution in [-0.4, -0.2) is 28.8 Å². The van der Waals surface area contributed by atoms with Gasteiger partial charge in [0.15, 0.2) is 5.16 Å². The predicted octanol–water partition coefficient (Wildman–Crippen LogP) is 2.11. The van der Waals surface area contributed by atoms with E-state index in [1.807, 2.05) is 12.3 Å². The Labute approximate surface area is 107 Å². The molecule has 1 aromatic heterocycles. The first kappa shape index (κ1) is 14.1. The van der Waals surface area contributed by atoms with Gasteiger partial charge in [0.2, 0.25) is 0 Å². The lowest BCUT2D eigenvalue weighted by atomic mass is 10.3. The Morgan fingerprint density at radius 1 is 1.47 bits per heavy atom. The first-order valence-electron chi connectivity index (χ1n) is 5.78. The van der Waals surface area contributed by atoms with Gasteiger partial charge in [-0.25, -0.2) is 15.8 Å². The lowest BCUT2D eigenvalue weighted by molar-refractivity contribution is 0.656. The Bertz CT molecular complexity index is 333. The summed E-state index contributed by atoms with van der Waals surface area (Å²) in [5, 5.41) is 0.734. The maximum Gasteiger partial charge on any atom is 0.191 e. The summed E-state index contributed by atoms with van der Waals surface area (Å²) in [6, 6.07) is 2.29. The van der Waals surface area contributed by atoms with Crippen molar-refractivity contribution >= 4 is 23.4 Å². The fourth-order valence-electron chi connectivity index (χ4n) is 1.60. The molecule has 96 valence electrons. The lowest BCUT2D eigenvalue weighted by Gasteiger charge is -2.27. The van der Waals surface area contributed by atoms with E-state index in [2.05, 4.69) is 41.1 Å². The van der Waals surface area contributed by atoms with Gasteiger partial charge in [0.25, 0.3) is 0 Å². The van der Waals surface area contributed by atoms with Gasteiger partial charge in [-0.1, -0.05) is 18.7 Å². The molecule has 0 saturated carbocycles. The number of nitrogens with two attached hydrogens (primary N) is 1. The van der Waals surface area contributed by atoms with Gasteiger partial charge < -0.3 is 10.3 Å². The second-order valence-electron chi connectivity index (χ2n) is 4.03. The topological polar surface area (TPSA) is 67.1 Å². The summed E-state index contributed by atoms with van der Waals surface area (Å²) in [6.45, 7) is 7.46. The number of aromatic nitrogens is 2. The predicted molar refractivity (Wildman–Crippen MR) is 74.4 cm³/mol. The number of rotatable bonds is 6. The van der Waals surface area contributed by atoms with Crippen molar-refractivity contribution in [3.8, 4) is 0 Å². The van der Waals surface area contributed by atoms with Crippen molar-refractivity contribution in [3.05, 3.63) is 6.07 Å².